The van der Waals surface area contributed by atoms with E-state index in [4.69, 9.17) is 4.74 Å². The van der Waals surface area contributed by atoms with Crippen molar-refractivity contribution in [2.75, 3.05) is 13.7 Å². The van der Waals surface area contributed by atoms with Gasteiger partial charge in [0.05, 0.1) is 22.4 Å². The van der Waals surface area contributed by atoms with E-state index in [9.17, 15) is 4.39 Å². The lowest BCUT2D eigenvalue weighted by atomic mass is 10.2. The maximum Gasteiger partial charge on any atom is 0.125 e. The van der Waals surface area contributed by atoms with Crippen molar-refractivity contribution in [3.63, 3.8) is 0 Å². The van der Waals surface area contributed by atoms with Gasteiger partial charge in [0.25, 0.3) is 0 Å². The van der Waals surface area contributed by atoms with Crippen LogP contribution in [0.25, 0.3) is 10.2 Å². The Kier molecular flexibility index (Phi) is 2.82. The van der Waals surface area contributed by atoms with Gasteiger partial charge in [0.15, 0.2) is 0 Å². The molecule has 0 radical (unpaired) electrons. The van der Waals surface area contributed by atoms with Crippen molar-refractivity contribution in [2.24, 2.45) is 0 Å². The van der Waals surface area contributed by atoms with Gasteiger partial charge in [-0.2, -0.15) is 0 Å². The Labute approximate surface area is 103 Å². The highest BCUT2D eigenvalue weighted by Crippen LogP contribution is 2.31. The number of nitrogens with zero attached hydrogens (tertiary/aromatic N) is 1. The van der Waals surface area contributed by atoms with E-state index >= 15 is 0 Å². The molecule has 3 rings (SSSR count). The van der Waals surface area contributed by atoms with Gasteiger partial charge < -0.3 is 10.1 Å². The molecule has 1 aliphatic heterocycles. The molecule has 2 unspecified atom stereocenters. The summed E-state index contributed by atoms with van der Waals surface area (Å²) in [5, 5.41) is 4.40. The summed E-state index contributed by atoms with van der Waals surface area (Å²) in [5.74, 6) is -0.233. The molecule has 0 saturated carbocycles. The number of ether oxygens (including phenoxy) is 1. The highest BCUT2D eigenvalue weighted by atomic mass is 32.1. The topological polar surface area (TPSA) is 34.1 Å². The number of methoxy groups -OCH3 is 1. The molecule has 2 aromatic rings. The Morgan fingerprint density at radius 2 is 2.41 bits per heavy atom. The van der Waals surface area contributed by atoms with Crippen LogP contribution in [-0.2, 0) is 4.74 Å². The van der Waals surface area contributed by atoms with E-state index in [0.717, 1.165) is 28.2 Å². The second-order valence-corrected chi connectivity index (χ2v) is 5.28. The number of fused-ring (bicyclic) bond motifs is 1. The molecular formula is C12H13FN2OS. The highest BCUT2D eigenvalue weighted by Gasteiger charge is 2.27. The molecule has 1 N–H and O–H groups in total. The van der Waals surface area contributed by atoms with Crippen LogP contribution in [0.1, 0.15) is 17.5 Å². The van der Waals surface area contributed by atoms with Crippen LogP contribution in [-0.4, -0.2) is 24.7 Å². The van der Waals surface area contributed by atoms with Gasteiger partial charge in [-0.15, -0.1) is 11.3 Å². The van der Waals surface area contributed by atoms with Crippen LogP contribution < -0.4 is 5.32 Å². The van der Waals surface area contributed by atoms with Gasteiger partial charge in [0.2, 0.25) is 0 Å². The third-order valence-corrected chi connectivity index (χ3v) is 4.24. The largest absolute Gasteiger partial charge is 0.380 e. The van der Waals surface area contributed by atoms with Crippen LogP contribution in [0.2, 0.25) is 0 Å². The first-order valence-electron chi connectivity index (χ1n) is 5.58. The zero-order chi connectivity index (χ0) is 11.8. The van der Waals surface area contributed by atoms with E-state index in [-0.39, 0.29) is 18.0 Å². The fraction of sp³-hybridized carbons (Fsp3) is 0.417. The van der Waals surface area contributed by atoms with Crippen LogP contribution in [0.5, 0.6) is 0 Å². The minimum atomic E-state index is -0.233. The Bertz CT molecular complexity index is 542. The summed E-state index contributed by atoms with van der Waals surface area (Å²) in [4.78, 5) is 4.48. The van der Waals surface area contributed by atoms with E-state index in [1.54, 1.807) is 24.5 Å². The molecule has 1 aromatic heterocycles. The Balaban J connectivity index is 1.91. The molecule has 0 aliphatic carbocycles. The zero-order valence-corrected chi connectivity index (χ0v) is 10.3. The number of hydrogen-bond acceptors (Lipinski definition) is 4. The van der Waals surface area contributed by atoms with Crippen LogP contribution in [0.3, 0.4) is 0 Å². The van der Waals surface area contributed by atoms with Crippen LogP contribution in [0.4, 0.5) is 4.39 Å². The average molecular weight is 252 g/mol. The van der Waals surface area contributed by atoms with Crippen molar-refractivity contribution in [1.29, 1.82) is 0 Å². The molecule has 2 atom stereocenters. The number of nitrogens with one attached hydrogen (secondary N) is 1. The number of hydrogen-bond donors (Lipinski definition) is 1. The smallest absolute Gasteiger partial charge is 0.125 e. The quantitative estimate of drug-likeness (QED) is 0.891. The predicted octanol–water partition coefficient (Wildman–Crippen LogP) is 2.48. The number of benzene rings is 1. The molecule has 2 heterocycles. The average Bonchev–Trinajstić information content (AvgIpc) is 2.93. The fourth-order valence-corrected chi connectivity index (χ4v) is 3.17. The van der Waals surface area contributed by atoms with Gasteiger partial charge in [-0.1, -0.05) is 0 Å². The molecule has 5 heteroatoms. The van der Waals surface area contributed by atoms with E-state index in [1.807, 2.05) is 0 Å². The van der Waals surface area contributed by atoms with Gasteiger partial charge in [-0.25, -0.2) is 9.37 Å². The molecule has 0 amide bonds. The Morgan fingerprint density at radius 3 is 3.18 bits per heavy atom. The predicted molar refractivity (Wildman–Crippen MR) is 65.7 cm³/mol. The molecule has 1 saturated heterocycles. The third-order valence-electron chi connectivity index (χ3n) is 3.09. The number of aromatic nitrogens is 1. The standard InChI is InChI=1S/C12H13FN2OS/c1-16-8-5-10(14-6-8)12-15-9-4-7(13)2-3-11(9)17-12/h2-4,8,10,14H,5-6H2,1H3. The SMILES string of the molecule is COC1CNC(c2nc3cc(F)ccc3s2)C1. The van der Waals surface area contributed by atoms with Crippen molar-refractivity contribution >= 4 is 21.6 Å². The monoisotopic (exact) mass is 252 g/mol. The molecule has 0 spiro atoms. The summed E-state index contributed by atoms with van der Waals surface area (Å²) in [6.45, 7) is 0.853. The first-order chi connectivity index (χ1) is 8.26. The Morgan fingerprint density at radius 1 is 1.53 bits per heavy atom. The number of halogens is 1. The summed E-state index contributed by atoms with van der Waals surface area (Å²) in [7, 11) is 1.72. The van der Waals surface area contributed by atoms with Gasteiger partial charge in [-0.05, 0) is 18.6 Å². The van der Waals surface area contributed by atoms with Gasteiger partial charge in [0, 0.05) is 19.7 Å². The first-order valence-corrected chi connectivity index (χ1v) is 6.40. The van der Waals surface area contributed by atoms with Crippen LogP contribution in [0, 0.1) is 5.82 Å². The maximum absolute atomic E-state index is 13.1. The molecule has 1 aromatic carbocycles. The first kappa shape index (κ1) is 11.1. The van der Waals surface area contributed by atoms with Crippen LogP contribution >= 0.6 is 11.3 Å². The lowest BCUT2D eigenvalue weighted by molar-refractivity contribution is 0.117. The van der Waals surface area contributed by atoms with Crippen molar-refractivity contribution in [2.45, 2.75) is 18.6 Å². The molecule has 1 aliphatic rings. The van der Waals surface area contributed by atoms with E-state index in [2.05, 4.69) is 10.3 Å². The van der Waals surface area contributed by atoms with Crippen LogP contribution in [0.15, 0.2) is 18.2 Å². The van der Waals surface area contributed by atoms with E-state index in [0.29, 0.717) is 0 Å². The van der Waals surface area contributed by atoms with Crippen molar-refractivity contribution in [1.82, 2.24) is 10.3 Å². The second kappa shape index (κ2) is 4.33. The number of thiazole rings is 1. The van der Waals surface area contributed by atoms with Crippen molar-refractivity contribution in [3.05, 3.63) is 29.0 Å². The summed E-state index contributed by atoms with van der Waals surface area (Å²) in [5.41, 5.74) is 0.743. The lowest BCUT2D eigenvalue weighted by Crippen LogP contribution is -2.15. The minimum absolute atomic E-state index is 0.233. The normalized spacial score (nSPS) is 24.6. The minimum Gasteiger partial charge on any atom is -0.380 e. The molecule has 3 nitrogen and oxygen atoms in total. The second-order valence-electron chi connectivity index (χ2n) is 4.22. The zero-order valence-electron chi connectivity index (χ0n) is 9.44. The van der Waals surface area contributed by atoms with Crippen molar-refractivity contribution < 1.29 is 9.13 Å². The number of rotatable bonds is 2. The summed E-state index contributed by atoms with van der Waals surface area (Å²) < 4.78 is 19.4. The highest BCUT2D eigenvalue weighted by molar-refractivity contribution is 7.18. The molecule has 90 valence electrons. The Hall–Kier alpha value is -1.04. The lowest BCUT2D eigenvalue weighted by Gasteiger charge is -2.05. The van der Waals surface area contributed by atoms with Gasteiger partial charge in [-0.3, -0.25) is 0 Å². The fourth-order valence-electron chi connectivity index (χ4n) is 2.14. The van der Waals surface area contributed by atoms with Gasteiger partial charge >= 0.3 is 0 Å². The van der Waals surface area contributed by atoms with Gasteiger partial charge in [0.1, 0.15) is 10.8 Å². The summed E-state index contributed by atoms with van der Waals surface area (Å²) >= 11 is 1.62. The maximum atomic E-state index is 13.1. The summed E-state index contributed by atoms with van der Waals surface area (Å²) in [6.07, 6.45) is 1.18. The molecule has 17 heavy (non-hydrogen) atoms. The molecule has 1 fully saturated rings. The third kappa shape index (κ3) is 2.06. The van der Waals surface area contributed by atoms with E-state index in [1.165, 1.54) is 12.1 Å². The van der Waals surface area contributed by atoms with Crippen molar-refractivity contribution in [3.8, 4) is 0 Å². The molecule has 0 bridgehead atoms. The molecular weight excluding hydrogens is 239 g/mol. The summed E-state index contributed by atoms with van der Waals surface area (Å²) in [6, 6.07) is 4.98. The van der Waals surface area contributed by atoms with E-state index < -0.39 is 0 Å².